The summed E-state index contributed by atoms with van der Waals surface area (Å²) in [6.45, 7) is -0.147. The number of carbonyl (C=O) groups excluding carboxylic acids is 1. The van der Waals surface area contributed by atoms with Crippen LogP contribution in [0.2, 0.25) is 0 Å². The predicted octanol–water partition coefficient (Wildman–Crippen LogP) is 2.71. The Bertz CT molecular complexity index is 871. The van der Waals surface area contributed by atoms with Crippen molar-refractivity contribution in [2.45, 2.75) is 0 Å². The van der Waals surface area contributed by atoms with Gasteiger partial charge >= 0.3 is 0 Å². The predicted molar refractivity (Wildman–Crippen MR) is 92.5 cm³/mol. The number of amides is 1. The number of hydrogen-bond donors (Lipinski definition) is 2. The van der Waals surface area contributed by atoms with Crippen LogP contribution in [0.1, 0.15) is 5.56 Å². The van der Waals surface area contributed by atoms with E-state index in [1.54, 1.807) is 25.5 Å². The second-order valence-corrected chi connectivity index (χ2v) is 5.02. The number of para-hydroxylation sites is 3. The minimum Gasteiger partial charge on any atom is -0.493 e. The summed E-state index contributed by atoms with van der Waals surface area (Å²) in [5.74, 6) is 0.736. The molecule has 0 spiro atoms. The summed E-state index contributed by atoms with van der Waals surface area (Å²) in [7, 11) is 1.55. The summed E-state index contributed by atoms with van der Waals surface area (Å²) in [6.07, 6.45) is 3.44. The third-order valence-corrected chi connectivity index (χ3v) is 3.44. The molecule has 6 nitrogen and oxygen atoms in total. The summed E-state index contributed by atoms with van der Waals surface area (Å²) >= 11 is 0. The van der Waals surface area contributed by atoms with Crippen LogP contribution in [0.15, 0.2) is 59.8 Å². The van der Waals surface area contributed by atoms with Gasteiger partial charge in [0.25, 0.3) is 5.91 Å². The minimum absolute atomic E-state index is 0.147. The molecule has 122 valence electrons. The van der Waals surface area contributed by atoms with E-state index in [-0.39, 0.29) is 12.5 Å². The van der Waals surface area contributed by atoms with Gasteiger partial charge in [-0.25, -0.2) is 5.43 Å². The van der Waals surface area contributed by atoms with E-state index in [0.29, 0.717) is 11.5 Å². The fourth-order valence-electron chi connectivity index (χ4n) is 2.29. The highest BCUT2D eigenvalue weighted by molar-refractivity contribution is 5.99. The van der Waals surface area contributed by atoms with Crippen molar-refractivity contribution in [3.63, 3.8) is 0 Å². The summed E-state index contributed by atoms with van der Waals surface area (Å²) < 4.78 is 10.6. The van der Waals surface area contributed by atoms with E-state index in [0.717, 1.165) is 16.5 Å². The van der Waals surface area contributed by atoms with Crippen LogP contribution in [0.5, 0.6) is 11.5 Å². The number of aromatic amines is 1. The molecule has 1 aromatic heterocycles. The number of nitrogens with zero attached hydrogens (tertiary/aromatic N) is 1. The number of fused-ring (bicyclic) bond motifs is 1. The fourth-order valence-corrected chi connectivity index (χ4v) is 2.29. The molecule has 0 saturated carbocycles. The van der Waals surface area contributed by atoms with Crippen LogP contribution >= 0.6 is 0 Å². The lowest BCUT2D eigenvalue weighted by Crippen LogP contribution is -2.24. The Morgan fingerprint density at radius 3 is 2.75 bits per heavy atom. The Hall–Kier alpha value is -3.28. The second-order valence-electron chi connectivity index (χ2n) is 5.02. The normalized spacial score (nSPS) is 10.9. The Balaban J connectivity index is 1.56. The lowest BCUT2D eigenvalue weighted by Gasteiger charge is -2.09. The minimum atomic E-state index is -0.350. The van der Waals surface area contributed by atoms with E-state index >= 15 is 0 Å². The van der Waals surface area contributed by atoms with E-state index in [9.17, 15) is 4.79 Å². The lowest BCUT2D eigenvalue weighted by atomic mass is 10.2. The number of ether oxygens (including phenoxy) is 2. The summed E-state index contributed by atoms with van der Waals surface area (Å²) in [4.78, 5) is 15.0. The second kappa shape index (κ2) is 7.32. The Labute approximate surface area is 139 Å². The van der Waals surface area contributed by atoms with Crippen LogP contribution in [0, 0.1) is 0 Å². The number of benzene rings is 2. The van der Waals surface area contributed by atoms with Crippen molar-refractivity contribution in [2.24, 2.45) is 5.10 Å². The molecular formula is C18H17N3O3. The maximum Gasteiger partial charge on any atom is 0.277 e. The standard InChI is InChI=1S/C18H17N3O3/c1-23-16-8-4-5-9-17(16)24-12-18(22)21-20-11-13-10-19-15-7-3-2-6-14(13)15/h2-11,19H,12H2,1H3,(H,21,22). The summed E-state index contributed by atoms with van der Waals surface area (Å²) in [5, 5.41) is 5.01. The van der Waals surface area contributed by atoms with E-state index in [2.05, 4.69) is 15.5 Å². The van der Waals surface area contributed by atoms with E-state index < -0.39 is 0 Å². The molecule has 0 aliphatic rings. The van der Waals surface area contributed by atoms with Crippen molar-refractivity contribution in [1.82, 2.24) is 10.4 Å². The van der Waals surface area contributed by atoms with Gasteiger partial charge in [-0.3, -0.25) is 4.79 Å². The van der Waals surface area contributed by atoms with Gasteiger partial charge in [-0.15, -0.1) is 0 Å². The maximum atomic E-state index is 11.8. The monoisotopic (exact) mass is 323 g/mol. The summed E-state index contributed by atoms with van der Waals surface area (Å²) in [6, 6.07) is 15.0. The maximum absolute atomic E-state index is 11.8. The Morgan fingerprint density at radius 2 is 1.92 bits per heavy atom. The smallest absolute Gasteiger partial charge is 0.277 e. The van der Waals surface area contributed by atoms with Crippen LogP contribution in [0.4, 0.5) is 0 Å². The van der Waals surface area contributed by atoms with Gasteiger partial charge in [0, 0.05) is 22.7 Å². The van der Waals surface area contributed by atoms with Gasteiger partial charge in [0.1, 0.15) is 0 Å². The number of hydrogen-bond acceptors (Lipinski definition) is 4. The van der Waals surface area contributed by atoms with Crippen molar-refractivity contribution in [1.29, 1.82) is 0 Å². The van der Waals surface area contributed by atoms with Crippen LogP contribution in [-0.4, -0.2) is 30.8 Å². The van der Waals surface area contributed by atoms with Crippen molar-refractivity contribution in [3.05, 3.63) is 60.3 Å². The van der Waals surface area contributed by atoms with Crippen molar-refractivity contribution in [2.75, 3.05) is 13.7 Å². The lowest BCUT2D eigenvalue weighted by molar-refractivity contribution is -0.123. The van der Waals surface area contributed by atoms with Crippen molar-refractivity contribution < 1.29 is 14.3 Å². The molecule has 1 heterocycles. The fraction of sp³-hybridized carbons (Fsp3) is 0.111. The average molecular weight is 323 g/mol. The number of nitrogens with one attached hydrogen (secondary N) is 2. The van der Waals surface area contributed by atoms with Crippen molar-refractivity contribution in [3.8, 4) is 11.5 Å². The zero-order valence-electron chi connectivity index (χ0n) is 13.2. The number of aromatic nitrogens is 1. The first-order chi connectivity index (χ1) is 11.8. The first-order valence-corrected chi connectivity index (χ1v) is 7.42. The molecule has 0 saturated heterocycles. The zero-order chi connectivity index (χ0) is 16.8. The van der Waals surface area contributed by atoms with Gasteiger partial charge in [0.2, 0.25) is 0 Å². The third-order valence-electron chi connectivity index (χ3n) is 3.44. The van der Waals surface area contributed by atoms with Gasteiger partial charge in [0.15, 0.2) is 18.1 Å². The zero-order valence-corrected chi connectivity index (χ0v) is 13.2. The molecule has 1 amide bonds. The highest BCUT2D eigenvalue weighted by Gasteiger charge is 2.06. The number of hydrazone groups is 1. The topological polar surface area (TPSA) is 75.7 Å². The number of carbonyl (C=O) groups is 1. The van der Waals surface area contributed by atoms with E-state index in [4.69, 9.17) is 9.47 Å². The van der Waals surface area contributed by atoms with Crippen LogP contribution in [-0.2, 0) is 4.79 Å². The molecule has 2 aromatic carbocycles. The molecule has 0 aliphatic carbocycles. The Kier molecular flexibility index (Phi) is 4.76. The first kappa shape index (κ1) is 15.6. The molecule has 3 rings (SSSR count). The molecule has 0 radical (unpaired) electrons. The molecule has 0 fully saturated rings. The SMILES string of the molecule is COc1ccccc1OCC(=O)NN=Cc1c[nH]c2ccccc12. The van der Waals surface area contributed by atoms with Gasteiger partial charge in [0.05, 0.1) is 13.3 Å². The molecule has 24 heavy (non-hydrogen) atoms. The number of methoxy groups -OCH3 is 1. The van der Waals surface area contributed by atoms with Gasteiger partial charge in [-0.2, -0.15) is 5.10 Å². The molecule has 6 heteroatoms. The molecule has 0 bridgehead atoms. The molecular weight excluding hydrogens is 306 g/mol. The molecule has 2 N–H and O–H groups in total. The highest BCUT2D eigenvalue weighted by Crippen LogP contribution is 2.25. The third kappa shape index (κ3) is 3.55. The van der Waals surface area contributed by atoms with E-state index in [1.165, 1.54) is 0 Å². The van der Waals surface area contributed by atoms with Crippen molar-refractivity contribution >= 4 is 23.0 Å². The van der Waals surface area contributed by atoms with Crippen LogP contribution < -0.4 is 14.9 Å². The number of H-pyrrole nitrogens is 1. The summed E-state index contributed by atoms with van der Waals surface area (Å²) in [5.41, 5.74) is 4.36. The molecule has 0 aliphatic heterocycles. The average Bonchev–Trinajstić information content (AvgIpc) is 3.03. The Morgan fingerprint density at radius 1 is 1.17 bits per heavy atom. The number of rotatable bonds is 6. The largest absolute Gasteiger partial charge is 0.493 e. The first-order valence-electron chi connectivity index (χ1n) is 7.42. The van der Waals surface area contributed by atoms with Crippen LogP contribution in [0.3, 0.4) is 0 Å². The van der Waals surface area contributed by atoms with E-state index in [1.807, 2.05) is 42.6 Å². The van der Waals surface area contributed by atoms with Gasteiger partial charge in [-0.05, 0) is 18.2 Å². The van der Waals surface area contributed by atoms with Gasteiger partial charge in [-0.1, -0.05) is 30.3 Å². The highest BCUT2D eigenvalue weighted by atomic mass is 16.5. The quantitative estimate of drug-likeness (QED) is 0.541. The van der Waals surface area contributed by atoms with Crippen LogP contribution in [0.25, 0.3) is 10.9 Å². The molecule has 0 atom stereocenters. The van der Waals surface area contributed by atoms with Gasteiger partial charge < -0.3 is 14.5 Å². The molecule has 3 aromatic rings. The molecule has 0 unspecified atom stereocenters.